The molecule has 0 saturated heterocycles. The molecule has 132 valence electrons. The zero-order valence-corrected chi connectivity index (χ0v) is 14.7. The molecule has 0 heterocycles. The van der Waals surface area contributed by atoms with Crippen LogP contribution >= 0.6 is 7.60 Å². The van der Waals surface area contributed by atoms with Crippen LogP contribution in [0.2, 0.25) is 0 Å². The number of hydrogen-bond donors (Lipinski definition) is 2. The van der Waals surface area contributed by atoms with Gasteiger partial charge in [-0.15, -0.1) is 0 Å². The Labute approximate surface area is 146 Å². The van der Waals surface area contributed by atoms with Crippen molar-refractivity contribution in [1.82, 2.24) is 5.32 Å². The first kappa shape index (κ1) is 17.7. The SMILES string of the molecule is CCOP(=O)(O)CNC(=O)OCC1c2ccccc2-c2ccccc21. The highest BCUT2D eigenvalue weighted by atomic mass is 31.2. The summed E-state index contributed by atoms with van der Waals surface area (Å²) in [6.07, 6.45) is -1.21. The number of carbonyl (C=O) groups is 1. The summed E-state index contributed by atoms with van der Waals surface area (Å²) >= 11 is 0. The van der Waals surface area contributed by atoms with E-state index in [1.807, 2.05) is 36.4 Å². The van der Waals surface area contributed by atoms with Crippen LogP contribution in [0, 0.1) is 0 Å². The highest BCUT2D eigenvalue weighted by Gasteiger charge is 2.29. The molecule has 0 fully saturated rings. The quantitative estimate of drug-likeness (QED) is 0.767. The number of benzene rings is 2. The second kappa shape index (κ2) is 7.40. The van der Waals surface area contributed by atoms with E-state index < -0.39 is 20.0 Å². The van der Waals surface area contributed by atoms with E-state index in [0.29, 0.717) is 0 Å². The van der Waals surface area contributed by atoms with Gasteiger partial charge in [-0.25, -0.2) is 4.79 Å². The van der Waals surface area contributed by atoms with E-state index in [1.54, 1.807) is 6.92 Å². The molecule has 0 radical (unpaired) electrons. The molecule has 2 N–H and O–H groups in total. The van der Waals surface area contributed by atoms with Crippen molar-refractivity contribution < 1.29 is 23.5 Å². The fourth-order valence-electron chi connectivity index (χ4n) is 3.06. The van der Waals surface area contributed by atoms with Crippen LogP contribution < -0.4 is 5.32 Å². The minimum absolute atomic E-state index is 0.0500. The fraction of sp³-hybridized carbons (Fsp3) is 0.278. The molecule has 7 heteroatoms. The standard InChI is InChI=1S/C18H20NO5P/c1-2-24-25(21,22)12-19-18(20)23-11-17-15-9-5-3-7-13(15)14-8-4-6-10-16(14)17/h3-10,17H,2,11-12H2,1H3,(H,19,20)(H,21,22). The lowest BCUT2D eigenvalue weighted by Crippen LogP contribution is -2.27. The second-order valence-corrected chi connectivity index (χ2v) is 7.57. The van der Waals surface area contributed by atoms with Gasteiger partial charge >= 0.3 is 13.7 Å². The van der Waals surface area contributed by atoms with Crippen molar-refractivity contribution in [3.8, 4) is 11.1 Å². The van der Waals surface area contributed by atoms with Gasteiger partial charge < -0.3 is 19.5 Å². The third-order valence-electron chi connectivity index (χ3n) is 4.10. The van der Waals surface area contributed by atoms with E-state index in [-0.39, 0.29) is 19.1 Å². The summed E-state index contributed by atoms with van der Waals surface area (Å²) in [5, 5.41) is 2.28. The fourth-order valence-corrected chi connectivity index (χ4v) is 3.88. The van der Waals surface area contributed by atoms with Crippen molar-refractivity contribution in [2.45, 2.75) is 12.8 Å². The van der Waals surface area contributed by atoms with Crippen LogP contribution in [0.3, 0.4) is 0 Å². The molecular formula is C18H20NO5P. The lowest BCUT2D eigenvalue weighted by molar-refractivity contribution is 0.143. The largest absolute Gasteiger partial charge is 0.449 e. The van der Waals surface area contributed by atoms with Crippen LogP contribution in [-0.2, 0) is 13.8 Å². The molecule has 1 atom stereocenters. The van der Waals surface area contributed by atoms with Gasteiger partial charge in [0.2, 0.25) is 0 Å². The van der Waals surface area contributed by atoms with Crippen molar-refractivity contribution in [3.63, 3.8) is 0 Å². The molecule has 2 aromatic rings. The minimum atomic E-state index is -3.81. The monoisotopic (exact) mass is 361 g/mol. The minimum Gasteiger partial charge on any atom is -0.449 e. The van der Waals surface area contributed by atoms with Crippen molar-refractivity contribution in [2.24, 2.45) is 0 Å². The Bertz CT molecular complexity index is 777. The van der Waals surface area contributed by atoms with E-state index in [2.05, 4.69) is 17.4 Å². The van der Waals surface area contributed by atoms with Crippen molar-refractivity contribution >= 4 is 13.7 Å². The second-order valence-electron chi connectivity index (χ2n) is 5.72. The first-order valence-electron chi connectivity index (χ1n) is 8.07. The van der Waals surface area contributed by atoms with Gasteiger partial charge in [-0.2, -0.15) is 0 Å². The number of ether oxygens (including phenoxy) is 1. The maximum atomic E-state index is 11.9. The summed E-state index contributed by atoms with van der Waals surface area (Å²) in [4.78, 5) is 21.3. The van der Waals surface area contributed by atoms with Crippen LogP contribution in [0.4, 0.5) is 4.79 Å². The Balaban J connectivity index is 1.66. The van der Waals surface area contributed by atoms with Gasteiger partial charge in [0.05, 0.1) is 6.61 Å². The average Bonchev–Trinajstić information content (AvgIpc) is 2.92. The molecular weight excluding hydrogens is 341 g/mol. The third kappa shape index (κ3) is 3.93. The van der Waals surface area contributed by atoms with E-state index in [9.17, 15) is 14.3 Å². The molecule has 0 aromatic heterocycles. The van der Waals surface area contributed by atoms with E-state index in [0.717, 1.165) is 22.3 Å². The molecule has 1 unspecified atom stereocenters. The Morgan fingerprint density at radius 2 is 1.68 bits per heavy atom. The van der Waals surface area contributed by atoms with Gasteiger partial charge in [0.25, 0.3) is 0 Å². The van der Waals surface area contributed by atoms with E-state index in [1.165, 1.54) is 0 Å². The number of alkyl carbamates (subject to hydrolysis) is 1. The first-order chi connectivity index (χ1) is 12.0. The average molecular weight is 361 g/mol. The molecule has 0 spiro atoms. The van der Waals surface area contributed by atoms with Gasteiger partial charge in [0, 0.05) is 5.92 Å². The number of carbonyl (C=O) groups excluding carboxylic acids is 1. The number of rotatable bonds is 6. The Hall–Kier alpha value is -2.14. The van der Waals surface area contributed by atoms with Gasteiger partial charge in [-0.1, -0.05) is 48.5 Å². The summed E-state index contributed by atoms with van der Waals surface area (Å²) in [7, 11) is -3.81. The molecule has 0 bridgehead atoms. The predicted octanol–water partition coefficient (Wildman–Crippen LogP) is 3.70. The molecule has 25 heavy (non-hydrogen) atoms. The number of hydrogen-bond acceptors (Lipinski definition) is 4. The zero-order chi connectivity index (χ0) is 17.9. The molecule has 2 aromatic carbocycles. The van der Waals surface area contributed by atoms with Crippen molar-refractivity contribution in [2.75, 3.05) is 19.5 Å². The summed E-state index contributed by atoms with van der Waals surface area (Å²) in [6, 6.07) is 16.0. The highest BCUT2D eigenvalue weighted by molar-refractivity contribution is 7.52. The lowest BCUT2D eigenvalue weighted by atomic mass is 9.98. The Morgan fingerprint density at radius 1 is 1.12 bits per heavy atom. The van der Waals surface area contributed by atoms with Crippen molar-refractivity contribution in [3.05, 3.63) is 59.7 Å². The highest BCUT2D eigenvalue weighted by Crippen LogP contribution is 2.44. The smallest absolute Gasteiger partial charge is 0.407 e. The van der Waals surface area contributed by atoms with Gasteiger partial charge in [-0.05, 0) is 29.2 Å². The van der Waals surface area contributed by atoms with Crippen LogP contribution in [-0.4, -0.2) is 30.5 Å². The molecule has 3 rings (SSSR count). The molecule has 0 saturated carbocycles. The maximum absolute atomic E-state index is 11.9. The van der Waals surface area contributed by atoms with Crippen molar-refractivity contribution in [1.29, 1.82) is 0 Å². The molecule has 1 aliphatic rings. The number of fused-ring (bicyclic) bond motifs is 3. The first-order valence-corrected chi connectivity index (χ1v) is 9.83. The molecule has 6 nitrogen and oxygen atoms in total. The number of nitrogens with one attached hydrogen (secondary N) is 1. The van der Waals surface area contributed by atoms with E-state index >= 15 is 0 Å². The summed E-state index contributed by atoms with van der Waals surface area (Å²) in [5.41, 5.74) is 4.50. The van der Waals surface area contributed by atoms with Crippen LogP contribution in [0.25, 0.3) is 11.1 Å². The summed E-state index contributed by atoms with van der Waals surface area (Å²) in [5.74, 6) is -0.0500. The predicted molar refractivity (Wildman–Crippen MR) is 94.5 cm³/mol. The Kier molecular flexibility index (Phi) is 5.23. The third-order valence-corrected chi connectivity index (χ3v) is 5.32. The molecule has 1 amide bonds. The summed E-state index contributed by atoms with van der Waals surface area (Å²) < 4.78 is 21.5. The van der Waals surface area contributed by atoms with Gasteiger partial charge in [-0.3, -0.25) is 4.57 Å². The molecule has 1 aliphatic carbocycles. The maximum Gasteiger partial charge on any atom is 0.407 e. The topological polar surface area (TPSA) is 84.9 Å². The lowest BCUT2D eigenvalue weighted by Gasteiger charge is -2.15. The van der Waals surface area contributed by atoms with E-state index in [4.69, 9.17) is 9.26 Å². The Morgan fingerprint density at radius 3 is 2.24 bits per heavy atom. The molecule has 0 aliphatic heterocycles. The van der Waals surface area contributed by atoms with Crippen LogP contribution in [0.5, 0.6) is 0 Å². The zero-order valence-electron chi connectivity index (χ0n) is 13.8. The summed E-state index contributed by atoms with van der Waals surface area (Å²) in [6.45, 7) is 1.86. The van der Waals surface area contributed by atoms with Gasteiger partial charge in [0.15, 0.2) is 0 Å². The number of amides is 1. The normalized spacial score (nSPS) is 15.1. The van der Waals surface area contributed by atoms with Crippen LogP contribution in [0.15, 0.2) is 48.5 Å². The van der Waals surface area contributed by atoms with Crippen LogP contribution in [0.1, 0.15) is 24.0 Å². The van der Waals surface area contributed by atoms with Gasteiger partial charge in [0.1, 0.15) is 12.9 Å².